The first-order valence-corrected chi connectivity index (χ1v) is 7.19. The molecule has 0 unspecified atom stereocenters. The van der Waals surface area contributed by atoms with Crippen LogP contribution in [0, 0.1) is 10.1 Å². The van der Waals surface area contributed by atoms with Crippen LogP contribution in [0.4, 0.5) is 0 Å². The smallest absolute Gasteiger partial charge is 0.313 e. The predicted molar refractivity (Wildman–Crippen MR) is 92.1 cm³/mol. The van der Waals surface area contributed by atoms with Crippen LogP contribution in [0.25, 0.3) is 10.8 Å². The summed E-state index contributed by atoms with van der Waals surface area (Å²) in [4.78, 5) is 26.8. The zero-order valence-electron chi connectivity index (χ0n) is 22.0. The van der Waals surface area contributed by atoms with E-state index in [1.165, 1.54) is 36.4 Å². The fourth-order valence-electron chi connectivity index (χ4n) is 2.04. The molecule has 0 amide bonds. The molecule has 2 aromatic carbocycles. The van der Waals surface area contributed by atoms with Gasteiger partial charge in [0.2, 0.25) is 0 Å². The van der Waals surface area contributed by atoms with E-state index in [4.69, 9.17) is 21.8 Å². The van der Waals surface area contributed by atoms with E-state index < -0.39 is 50.4 Å². The average Bonchev–Trinajstić information content (AvgIpc) is 2.67. The number of carbonyl (C=O) groups is 1. The normalized spacial score (nSPS) is 19.9. The Morgan fingerprint density at radius 1 is 1.32 bits per heavy atom. The highest BCUT2D eigenvalue weighted by molar-refractivity contribution is 5.86. The highest BCUT2D eigenvalue weighted by atomic mass is 16.9. The molecule has 0 fully saturated rings. The Morgan fingerprint density at radius 3 is 2.88 bits per heavy atom. The summed E-state index contributed by atoms with van der Waals surface area (Å²) in [6, 6.07) is 8.13. The minimum Gasteiger partial charge on any atom is -0.497 e. The van der Waals surface area contributed by atoms with Gasteiger partial charge in [0, 0.05) is 5.48 Å². The van der Waals surface area contributed by atoms with Crippen LogP contribution in [0.2, 0.25) is 0 Å². The second kappa shape index (κ2) is 8.86. The molecule has 0 aliphatic heterocycles. The van der Waals surface area contributed by atoms with E-state index in [0.29, 0.717) is 10.8 Å². The number of nitrogens with zero attached hydrogens (tertiary/aromatic N) is 1. The summed E-state index contributed by atoms with van der Waals surface area (Å²) in [6.45, 7) is -6.27. The van der Waals surface area contributed by atoms with Gasteiger partial charge in [-0.05, 0) is 48.2 Å². The molecule has 0 N–H and O–H groups in total. The molecule has 0 spiro atoms. The Balaban J connectivity index is 2.23. The van der Waals surface area contributed by atoms with E-state index in [0.717, 1.165) is 0 Å². The number of carbonyl (C=O) groups excluding carboxylic acids is 1. The topological polar surface area (TPSA) is 87.9 Å². The van der Waals surface area contributed by atoms with Crippen LogP contribution in [-0.4, -0.2) is 31.3 Å². The summed E-state index contributed by atoms with van der Waals surface area (Å²) in [7, 11) is -2.66. The van der Waals surface area contributed by atoms with Crippen molar-refractivity contribution in [2.45, 2.75) is 25.6 Å². The maximum absolute atomic E-state index is 12.7. The second-order valence-corrected chi connectivity index (χ2v) is 4.90. The molecule has 7 nitrogen and oxygen atoms in total. The molecule has 0 aromatic heterocycles. The molecule has 0 heterocycles. The largest absolute Gasteiger partial charge is 0.497 e. The second-order valence-electron chi connectivity index (χ2n) is 4.90. The van der Waals surface area contributed by atoms with Gasteiger partial charge in [-0.25, -0.2) is 0 Å². The summed E-state index contributed by atoms with van der Waals surface area (Å²) in [5.74, 6) is -4.19. The summed E-state index contributed by atoms with van der Waals surface area (Å²) in [5.41, 5.74) is -0.207. The number of hydrogen-bond donors (Lipinski definition) is 0. The van der Waals surface area contributed by atoms with Gasteiger partial charge in [-0.2, -0.15) is 0 Å². The van der Waals surface area contributed by atoms with Crippen molar-refractivity contribution in [3.05, 3.63) is 52.1 Å². The van der Waals surface area contributed by atoms with Crippen LogP contribution in [0.1, 0.15) is 43.5 Å². The van der Waals surface area contributed by atoms with Gasteiger partial charge in [-0.15, -0.1) is 10.1 Å². The molecule has 7 heteroatoms. The fourth-order valence-corrected chi connectivity index (χ4v) is 2.04. The van der Waals surface area contributed by atoms with Crippen LogP contribution in [0.3, 0.4) is 0 Å². The summed E-state index contributed by atoms with van der Waals surface area (Å²) in [5, 5.41) is 9.85. The number of rotatable bonds is 9. The van der Waals surface area contributed by atoms with Crippen molar-refractivity contribution >= 4 is 16.7 Å². The van der Waals surface area contributed by atoms with Crippen molar-refractivity contribution < 1.29 is 36.5 Å². The number of esters is 1. The van der Waals surface area contributed by atoms with Gasteiger partial charge in [0.15, 0.2) is 0 Å². The van der Waals surface area contributed by atoms with Crippen molar-refractivity contribution in [2.75, 3.05) is 20.2 Å². The van der Waals surface area contributed by atoms with Gasteiger partial charge in [0.1, 0.15) is 5.75 Å². The Bertz CT molecular complexity index is 1060. The molecule has 2 rings (SSSR count). The highest BCUT2D eigenvalue weighted by Crippen LogP contribution is 2.25. The SMILES string of the molecule is [2H]C([2H])([2H])Oc1ccc2cc([C@@]([2H])(C(=O)OCCCC([2H])([2H])O[N+](=O)[O-])C([2H])([2H])[2H])ccc2c1. The Morgan fingerprint density at radius 2 is 2.12 bits per heavy atom. The van der Waals surface area contributed by atoms with E-state index in [9.17, 15) is 14.9 Å². The molecule has 2 aromatic rings. The van der Waals surface area contributed by atoms with Gasteiger partial charge < -0.3 is 14.3 Å². The van der Waals surface area contributed by atoms with Crippen molar-refractivity contribution in [1.29, 1.82) is 0 Å². The number of fused-ring (bicyclic) bond motifs is 1. The van der Waals surface area contributed by atoms with Crippen molar-refractivity contribution in [3.63, 3.8) is 0 Å². The summed E-state index contributed by atoms with van der Waals surface area (Å²) >= 11 is 0. The minimum atomic E-state index is -3.15. The molecule has 0 saturated carbocycles. The zero-order valence-corrected chi connectivity index (χ0v) is 13.0. The first-order valence-electron chi connectivity index (χ1n) is 11.7. The maximum atomic E-state index is 12.7. The Labute approximate surface area is 158 Å². The van der Waals surface area contributed by atoms with E-state index in [1.54, 1.807) is 0 Å². The van der Waals surface area contributed by atoms with Gasteiger partial charge in [-0.1, -0.05) is 24.3 Å². The lowest BCUT2D eigenvalue weighted by Gasteiger charge is -2.13. The van der Waals surface area contributed by atoms with Crippen LogP contribution >= 0.6 is 0 Å². The van der Waals surface area contributed by atoms with Crippen LogP contribution in [0.15, 0.2) is 36.4 Å². The molecule has 1 atom stereocenters. The molecule has 0 aliphatic rings. The summed E-state index contributed by atoms with van der Waals surface area (Å²) in [6.07, 6.45) is -0.746. The summed E-state index contributed by atoms with van der Waals surface area (Å²) < 4.78 is 77.6. The predicted octanol–water partition coefficient (Wildman–Crippen LogP) is 3.48. The first-order chi connectivity index (χ1) is 15.4. The van der Waals surface area contributed by atoms with Crippen LogP contribution in [-0.2, 0) is 14.4 Å². The number of methoxy groups -OCH3 is 1. The van der Waals surface area contributed by atoms with Crippen molar-refractivity contribution in [2.24, 2.45) is 0 Å². The Kier molecular flexibility index (Phi) is 3.40. The maximum Gasteiger partial charge on any atom is 0.313 e. The third-order valence-corrected chi connectivity index (χ3v) is 3.22. The average molecular weight is 356 g/mol. The molecule has 0 saturated heterocycles. The third kappa shape index (κ3) is 5.34. The molecule has 0 aliphatic carbocycles. The lowest BCUT2D eigenvalue weighted by atomic mass is 9.98. The standard InChI is InChI=1S/C18H21NO6/c1-13(18(20)24-9-3-4-10-25-19(21)22)14-5-6-16-12-17(23-2)8-7-15(16)11-14/h5-8,11-13H,3-4,9-10H2,1-2H3/t13-/m0/s1/i1D3,2D3,10D2,13D. The van der Waals surface area contributed by atoms with Gasteiger partial charge in [0.25, 0.3) is 5.09 Å². The quantitative estimate of drug-likeness (QED) is 0.296. The fraction of sp³-hybridized carbons (Fsp3) is 0.389. The van der Waals surface area contributed by atoms with Crippen molar-refractivity contribution in [1.82, 2.24) is 0 Å². The monoisotopic (exact) mass is 356 g/mol. The van der Waals surface area contributed by atoms with Gasteiger partial charge in [0.05, 0.1) is 33.0 Å². The van der Waals surface area contributed by atoms with Gasteiger partial charge >= 0.3 is 5.97 Å². The number of ether oxygens (including phenoxy) is 2. The number of benzene rings is 2. The number of hydrogen-bond acceptors (Lipinski definition) is 6. The lowest BCUT2D eigenvalue weighted by molar-refractivity contribution is -0.757. The first kappa shape index (κ1) is 9.60. The molecule has 134 valence electrons. The van der Waals surface area contributed by atoms with E-state index >= 15 is 0 Å². The van der Waals surface area contributed by atoms with Crippen LogP contribution in [0.5, 0.6) is 5.75 Å². The van der Waals surface area contributed by atoms with Gasteiger partial charge in [-0.3, -0.25) is 4.79 Å². The lowest BCUT2D eigenvalue weighted by Crippen LogP contribution is -2.14. The Hall–Kier alpha value is -2.83. The minimum absolute atomic E-state index is 0.0496. The highest BCUT2D eigenvalue weighted by Gasteiger charge is 2.17. The zero-order chi connectivity index (χ0) is 25.9. The molecular formula is C18H21NO6. The molecular weight excluding hydrogens is 326 g/mol. The van der Waals surface area contributed by atoms with Crippen molar-refractivity contribution in [3.8, 4) is 5.75 Å². The van der Waals surface area contributed by atoms with E-state index in [2.05, 4.69) is 4.84 Å². The molecule has 0 radical (unpaired) electrons. The molecule has 0 bridgehead atoms. The van der Waals surface area contributed by atoms with E-state index in [1.807, 2.05) is 0 Å². The third-order valence-electron chi connectivity index (χ3n) is 3.22. The van der Waals surface area contributed by atoms with Crippen LogP contribution < -0.4 is 4.74 Å². The molecule has 25 heavy (non-hydrogen) atoms. The van der Waals surface area contributed by atoms with E-state index in [-0.39, 0.29) is 17.7 Å².